The van der Waals surface area contributed by atoms with Crippen LogP contribution in [-0.2, 0) is 0 Å². The number of hydrogen-bond acceptors (Lipinski definition) is 1. The van der Waals surface area contributed by atoms with E-state index in [1.165, 1.54) is 24.3 Å². The van der Waals surface area contributed by atoms with Crippen LogP contribution in [0.2, 0.25) is 0 Å². The van der Waals surface area contributed by atoms with E-state index in [4.69, 9.17) is 0 Å². The van der Waals surface area contributed by atoms with Crippen molar-refractivity contribution in [3.05, 3.63) is 35.9 Å². The molecule has 0 radical (unpaired) electrons. The van der Waals surface area contributed by atoms with Crippen molar-refractivity contribution in [1.82, 2.24) is 5.54 Å². The van der Waals surface area contributed by atoms with Crippen molar-refractivity contribution < 1.29 is 17.7 Å². The third kappa shape index (κ3) is 2.42. The molecule has 0 aliphatic rings. The molecule has 0 fully saturated rings. The minimum atomic E-state index is -4.61. The molecule has 1 aromatic carbocycles. The Kier molecular flexibility index (Phi) is 2.87. The smallest absolute Gasteiger partial charge is 0.169 e. The summed E-state index contributed by atoms with van der Waals surface area (Å²) in [4.78, 5) is 0. The molecule has 1 rings (SSSR count). The standard InChI is InChI=1S/C8H7F4N/c9-8(10,11)7(13-12)6-4-2-1-3-5-6/h1-5,7,13H. The fourth-order valence-corrected chi connectivity index (χ4v) is 0.959. The van der Waals surface area contributed by atoms with E-state index in [1.54, 1.807) is 6.07 Å². The molecule has 13 heavy (non-hydrogen) atoms. The highest BCUT2D eigenvalue weighted by Gasteiger charge is 2.40. The van der Waals surface area contributed by atoms with E-state index >= 15 is 0 Å². The first-order valence-corrected chi connectivity index (χ1v) is 3.53. The van der Waals surface area contributed by atoms with Crippen molar-refractivity contribution in [2.24, 2.45) is 0 Å². The van der Waals surface area contributed by atoms with Crippen molar-refractivity contribution >= 4 is 0 Å². The Labute approximate surface area is 72.3 Å². The predicted molar refractivity (Wildman–Crippen MR) is 39.5 cm³/mol. The van der Waals surface area contributed by atoms with Crippen molar-refractivity contribution in [2.45, 2.75) is 12.2 Å². The van der Waals surface area contributed by atoms with Gasteiger partial charge >= 0.3 is 6.18 Å². The molecule has 1 N–H and O–H groups in total. The summed E-state index contributed by atoms with van der Waals surface area (Å²) in [5.74, 6) is 0. The molecule has 0 aromatic heterocycles. The van der Waals surface area contributed by atoms with Gasteiger partial charge < -0.3 is 0 Å². The normalized spacial score (nSPS) is 14.2. The molecule has 0 saturated heterocycles. The first-order valence-electron chi connectivity index (χ1n) is 3.53. The van der Waals surface area contributed by atoms with Crippen molar-refractivity contribution in [3.63, 3.8) is 0 Å². The van der Waals surface area contributed by atoms with Crippen LogP contribution in [0.4, 0.5) is 17.7 Å². The molecular weight excluding hydrogens is 186 g/mol. The first-order chi connectivity index (χ1) is 6.05. The number of rotatable bonds is 2. The SMILES string of the molecule is FNC(c1ccccc1)C(F)(F)F. The minimum absolute atomic E-state index is 0.141. The van der Waals surface area contributed by atoms with Crippen LogP contribution < -0.4 is 5.54 Å². The zero-order valence-electron chi connectivity index (χ0n) is 6.48. The lowest BCUT2D eigenvalue weighted by Crippen LogP contribution is -2.29. The van der Waals surface area contributed by atoms with Gasteiger partial charge in [-0.15, -0.1) is 10.0 Å². The molecule has 0 aliphatic heterocycles. The molecule has 0 heterocycles. The van der Waals surface area contributed by atoms with Gasteiger partial charge in [-0.3, -0.25) is 0 Å². The Bertz CT molecular complexity index is 257. The van der Waals surface area contributed by atoms with Crippen LogP contribution in [0.15, 0.2) is 30.3 Å². The molecule has 1 atom stereocenters. The molecule has 72 valence electrons. The maximum atomic E-state index is 12.1. The summed E-state index contributed by atoms with van der Waals surface area (Å²) >= 11 is 0. The van der Waals surface area contributed by atoms with E-state index in [9.17, 15) is 17.7 Å². The van der Waals surface area contributed by atoms with Gasteiger partial charge in [-0.1, -0.05) is 30.3 Å². The second-order valence-electron chi connectivity index (χ2n) is 2.49. The second-order valence-corrected chi connectivity index (χ2v) is 2.49. The Morgan fingerprint density at radius 2 is 1.62 bits per heavy atom. The lowest BCUT2D eigenvalue weighted by Gasteiger charge is -2.17. The second kappa shape index (κ2) is 3.74. The van der Waals surface area contributed by atoms with E-state index in [2.05, 4.69) is 0 Å². The lowest BCUT2D eigenvalue weighted by molar-refractivity contribution is -0.168. The topological polar surface area (TPSA) is 12.0 Å². The first kappa shape index (κ1) is 9.98. The molecule has 1 aromatic rings. The fourth-order valence-electron chi connectivity index (χ4n) is 0.959. The largest absolute Gasteiger partial charge is 0.410 e. The van der Waals surface area contributed by atoms with Gasteiger partial charge in [0.15, 0.2) is 6.04 Å². The van der Waals surface area contributed by atoms with E-state index in [1.807, 2.05) is 0 Å². The van der Waals surface area contributed by atoms with E-state index in [0.717, 1.165) is 5.54 Å². The van der Waals surface area contributed by atoms with E-state index in [0.29, 0.717) is 0 Å². The summed E-state index contributed by atoms with van der Waals surface area (Å²) in [6, 6.07) is 4.59. The Morgan fingerprint density at radius 3 is 2.00 bits per heavy atom. The molecule has 0 saturated carbocycles. The maximum absolute atomic E-state index is 12.1. The number of alkyl halides is 3. The van der Waals surface area contributed by atoms with Crippen molar-refractivity contribution in [1.29, 1.82) is 0 Å². The van der Waals surface area contributed by atoms with Gasteiger partial charge in [0.25, 0.3) is 0 Å². The van der Waals surface area contributed by atoms with Gasteiger partial charge in [0.1, 0.15) is 0 Å². The quantitative estimate of drug-likeness (QED) is 0.562. The lowest BCUT2D eigenvalue weighted by atomic mass is 10.1. The van der Waals surface area contributed by atoms with Crippen LogP contribution in [-0.4, -0.2) is 6.18 Å². The van der Waals surface area contributed by atoms with Crippen LogP contribution in [0, 0.1) is 0 Å². The Morgan fingerprint density at radius 1 is 1.08 bits per heavy atom. The zero-order valence-corrected chi connectivity index (χ0v) is 6.48. The third-order valence-corrected chi connectivity index (χ3v) is 1.57. The average Bonchev–Trinajstić information content (AvgIpc) is 2.05. The summed E-state index contributed by atoms with van der Waals surface area (Å²) < 4.78 is 48.2. The summed E-state index contributed by atoms with van der Waals surface area (Å²) in [6.07, 6.45) is -4.61. The molecule has 0 bridgehead atoms. The number of halogens is 4. The van der Waals surface area contributed by atoms with E-state index in [-0.39, 0.29) is 5.56 Å². The van der Waals surface area contributed by atoms with Crippen LogP contribution in [0.5, 0.6) is 0 Å². The monoisotopic (exact) mass is 193 g/mol. The molecule has 0 amide bonds. The molecule has 1 nitrogen and oxygen atoms in total. The van der Waals surface area contributed by atoms with Crippen LogP contribution in [0.3, 0.4) is 0 Å². The zero-order chi connectivity index (χ0) is 9.90. The minimum Gasteiger partial charge on any atom is -0.169 e. The molecule has 5 heteroatoms. The summed E-state index contributed by atoms with van der Waals surface area (Å²) in [5.41, 5.74) is 0.592. The fraction of sp³-hybridized carbons (Fsp3) is 0.250. The van der Waals surface area contributed by atoms with Crippen molar-refractivity contribution in [2.75, 3.05) is 0 Å². The van der Waals surface area contributed by atoms with Gasteiger partial charge in [-0.2, -0.15) is 13.2 Å². The van der Waals surface area contributed by atoms with Gasteiger partial charge in [0.2, 0.25) is 0 Å². The molecular formula is C8H7F4N. The number of hydrogen-bond donors (Lipinski definition) is 1. The third-order valence-electron chi connectivity index (χ3n) is 1.57. The number of benzene rings is 1. The van der Waals surface area contributed by atoms with Crippen LogP contribution >= 0.6 is 0 Å². The van der Waals surface area contributed by atoms with Crippen molar-refractivity contribution in [3.8, 4) is 0 Å². The highest BCUT2D eigenvalue weighted by molar-refractivity contribution is 5.19. The highest BCUT2D eigenvalue weighted by atomic mass is 19.4. The van der Waals surface area contributed by atoms with Crippen LogP contribution in [0.25, 0.3) is 0 Å². The highest BCUT2D eigenvalue weighted by Crippen LogP contribution is 2.32. The Balaban J connectivity index is 2.92. The maximum Gasteiger partial charge on any atom is 0.410 e. The van der Waals surface area contributed by atoms with Gasteiger partial charge in [-0.25, -0.2) is 0 Å². The van der Waals surface area contributed by atoms with Gasteiger partial charge in [-0.05, 0) is 5.56 Å². The summed E-state index contributed by atoms with van der Waals surface area (Å²) in [7, 11) is 0. The van der Waals surface area contributed by atoms with E-state index < -0.39 is 12.2 Å². The van der Waals surface area contributed by atoms with Gasteiger partial charge in [0.05, 0.1) is 0 Å². The molecule has 0 spiro atoms. The number of nitrogens with one attached hydrogen (secondary N) is 1. The Hall–Kier alpha value is -1.10. The van der Waals surface area contributed by atoms with Gasteiger partial charge in [0, 0.05) is 0 Å². The molecule has 0 aliphatic carbocycles. The van der Waals surface area contributed by atoms with Crippen LogP contribution in [0.1, 0.15) is 11.6 Å². The predicted octanol–water partition coefficient (Wildman–Crippen LogP) is 2.76. The summed E-state index contributed by atoms with van der Waals surface area (Å²) in [5, 5.41) is 0. The average molecular weight is 193 g/mol. The molecule has 1 unspecified atom stereocenters. The summed E-state index contributed by atoms with van der Waals surface area (Å²) in [6.45, 7) is 0.